The molecule has 1 heterocycles. The van der Waals surface area contributed by atoms with E-state index in [1.54, 1.807) is 0 Å². The lowest BCUT2D eigenvalue weighted by atomic mass is 10.2. The van der Waals surface area contributed by atoms with Crippen LogP contribution in [0.15, 0.2) is 0 Å². The van der Waals surface area contributed by atoms with Gasteiger partial charge in [0.15, 0.2) is 0 Å². The zero-order valence-corrected chi connectivity index (χ0v) is 9.52. The van der Waals surface area contributed by atoms with E-state index in [0.29, 0.717) is 12.5 Å². The largest absolute Gasteiger partial charge is 0.315 e. The molecule has 84 valence electrons. The zero-order valence-electron chi connectivity index (χ0n) is 8.71. The first-order valence-electron chi connectivity index (χ1n) is 4.97. The van der Waals surface area contributed by atoms with Gasteiger partial charge in [-0.25, -0.2) is 4.72 Å². The Morgan fingerprint density at radius 1 is 1.50 bits per heavy atom. The van der Waals surface area contributed by atoms with E-state index in [-0.39, 0.29) is 6.04 Å². The summed E-state index contributed by atoms with van der Waals surface area (Å²) < 4.78 is 28.0. The van der Waals surface area contributed by atoms with Gasteiger partial charge < -0.3 is 5.32 Å². The van der Waals surface area contributed by atoms with E-state index in [1.165, 1.54) is 0 Å². The van der Waals surface area contributed by atoms with Gasteiger partial charge >= 0.3 is 0 Å². The monoisotopic (exact) mass is 221 g/mol. The third-order valence-electron chi connectivity index (χ3n) is 2.06. The molecule has 1 fully saturated rings. The molecule has 0 saturated carbocycles. The summed E-state index contributed by atoms with van der Waals surface area (Å²) in [5, 5.41) is 3.11. The van der Waals surface area contributed by atoms with Crippen molar-refractivity contribution in [1.82, 2.24) is 14.8 Å². The molecule has 1 aliphatic rings. The molecule has 1 aliphatic heterocycles. The average molecular weight is 221 g/mol. The molecule has 0 aromatic carbocycles. The summed E-state index contributed by atoms with van der Waals surface area (Å²) >= 11 is 0. The van der Waals surface area contributed by atoms with Crippen molar-refractivity contribution in [3.8, 4) is 0 Å². The Morgan fingerprint density at radius 3 is 2.71 bits per heavy atom. The van der Waals surface area contributed by atoms with Crippen LogP contribution in [0, 0.1) is 5.92 Å². The molecule has 1 rings (SSSR count). The van der Waals surface area contributed by atoms with Crippen LogP contribution in [0.5, 0.6) is 0 Å². The first-order valence-corrected chi connectivity index (χ1v) is 6.45. The van der Waals surface area contributed by atoms with Crippen molar-refractivity contribution in [2.45, 2.75) is 26.3 Å². The van der Waals surface area contributed by atoms with Crippen LogP contribution in [-0.4, -0.2) is 34.1 Å². The second kappa shape index (κ2) is 5.06. The summed E-state index contributed by atoms with van der Waals surface area (Å²) in [5.41, 5.74) is 0. The van der Waals surface area contributed by atoms with E-state index in [0.717, 1.165) is 19.5 Å². The first-order chi connectivity index (χ1) is 6.49. The highest BCUT2D eigenvalue weighted by molar-refractivity contribution is 7.87. The van der Waals surface area contributed by atoms with Crippen LogP contribution in [0.1, 0.15) is 20.3 Å². The highest BCUT2D eigenvalue weighted by atomic mass is 32.2. The topological polar surface area (TPSA) is 70.2 Å². The molecule has 0 unspecified atom stereocenters. The van der Waals surface area contributed by atoms with E-state index in [1.807, 2.05) is 13.8 Å². The van der Waals surface area contributed by atoms with Crippen molar-refractivity contribution in [2.75, 3.05) is 19.6 Å². The van der Waals surface area contributed by atoms with Crippen molar-refractivity contribution in [3.05, 3.63) is 0 Å². The molecule has 0 amide bonds. The normalized spacial score (nSPS) is 23.2. The minimum atomic E-state index is -3.30. The van der Waals surface area contributed by atoms with Crippen molar-refractivity contribution >= 4 is 10.2 Å². The summed E-state index contributed by atoms with van der Waals surface area (Å²) in [6.45, 7) is 6.04. The van der Waals surface area contributed by atoms with Gasteiger partial charge in [0, 0.05) is 19.1 Å². The minimum Gasteiger partial charge on any atom is -0.315 e. The molecule has 0 aliphatic carbocycles. The Balaban J connectivity index is 2.33. The predicted molar refractivity (Wildman–Crippen MR) is 56.2 cm³/mol. The van der Waals surface area contributed by atoms with Crippen molar-refractivity contribution in [3.63, 3.8) is 0 Å². The van der Waals surface area contributed by atoms with Gasteiger partial charge in [0.2, 0.25) is 0 Å². The maximum absolute atomic E-state index is 11.4. The van der Waals surface area contributed by atoms with Crippen molar-refractivity contribution < 1.29 is 8.42 Å². The summed E-state index contributed by atoms with van der Waals surface area (Å²) in [6.07, 6.45) is 0.864. The van der Waals surface area contributed by atoms with Crippen LogP contribution in [0.25, 0.3) is 0 Å². The van der Waals surface area contributed by atoms with Gasteiger partial charge in [-0.3, -0.25) is 0 Å². The lowest BCUT2D eigenvalue weighted by Gasteiger charge is -2.13. The lowest BCUT2D eigenvalue weighted by Crippen LogP contribution is -2.44. The van der Waals surface area contributed by atoms with Gasteiger partial charge in [-0.05, 0) is 18.9 Å². The zero-order chi connectivity index (χ0) is 10.6. The third-order valence-corrected chi connectivity index (χ3v) is 3.25. The maximum atomic E-state index is 11.4. The molecule has 0 bridgehead atoms. The molecule has 5 nitrogen and oxygen atoms in total. The second-order valence-electron chi connectivity index (χ2n) is 4.05. The van der Waals surface area contributed by atoms with E-state index in [9.17, 15) is 8.42 Å². The second-order valence-corrected chi connectivity index (χ2v) is 5.58. The molecule has 1 saturated heterocycles. The smallest absolute Gasteiger partial charge is 0.277 e. The summed E-state index contributed by atoms with van der Waals surface area (Å²) in [6, 6.07) is 0.0414. The fourth-order valence-electron chi connectivity index (χ4n) is 1.29. The Bertz CT molecular complexity index is 258. The summed E-state index contributed by atoms with van der Waals surface area (Å²) in [7, 11) is -3.30. The van der Waals surface area contributed by atoms with Gasteiger partial charge in [-0.2, -0.15) is 13.1 Å². The molecule has 0 aromatic heterocycles. The minimum absolute atomic E-state index is 0.0414. The molecule has 14 heavy (non-hydrogen) atoms. The van der Waals surface area contributed by atoms with Crippen LogP contribution in [0.2, 0.25) is 0 Å². The SMILES string of the molecule is CC(C)CNS(=O)(=O)N[C@@H]1CCNC1. The van der Waals surface area contributed by atoms with Crippen LogP contribution < -0.4 is 14.8 Å². The van der Waals surface area contributed by atoms with E-state index >= 15 is 0 Å². The third kappa shape index (κ3) is 4.36. The van der Waals surface area contributed by atoms with Crippen LogP contribution in [0.3, 0.4) is 0 Å². The van der Waals surface area contributed by atoms with Crippen molar-refractivity contribution in [2.24, 2.45) is 5.92 Å². The molecular formula is C8H19N3O2S. The summed E-state index contributed by atoms with van der Waals surface area (Å²) in [5.74, 6) is 0.327. The molecule has 0 radical (unpaired) electrons. The highest BCUT2D eigenvalue weighted by Gasteiger charge is 2.20. The van der Waals surface area contributed by atoms with Gasteiger partial charge in [0.05, 0.1) is 0 Å². The molecule has 3 N–H and O–H groups in total. The average Bonchev–Trinajstić information content (AvgIpc) is 2.53. The number of hydrogen-bond donors (Lipinski definition) is 3. The van der Waals surface area contributed by atoms with Crippen LogP contribution in [-0.2, 0) is 10.2 Å². The standard InChI is InChI=1S/C8H19N3O2S/c1-7(2)5-10-14(12,13)11-8-3-4-9-6-8/h7-11H,3-6H2,1-2H3/t8-/m1/s1. The maximum Gasteiger partial charge on any atom is 0.277 e. The molecule has 1 atom stereocenters. The van der Waals surface area contributed by atoms with Gasteiger partial charge in [-0.15, -0.1) is 0 Å². The van der Waals surface area contributed by atoms with Crippen LogP contribution in [0.4, 0.5) is 0 Å². The fraction of sp³-hybridized carbons (Fsp3) is 1.00. The number of rotatable bonds is 5. The molecule has 6 heteroatoms. The highest BCUT2D eigenvalue weighted by Crippen LogP contribution is 1.98. The number of hydrogen-bond acceptors (Lipinski definition) is 3. The van der Waals surface area contributed by atoms with E-state index in [2.05, 4.69) is 14.8 Å². The lowest BCUT2D eigenvalue weighted by molar-refractivity contribution is 0.531. The first kappa shape index (κ1) is 11.9. The fourth-order valence-corrected chi connectivity index (χ4v) is 2.57. The Morgan fingerprint density at radius 2 is 2.21 bits per heavy atom. The molecular weight excluding hydrogens is 202 g/mol. The van der Waals surface area contributed by atoms with Crippen LogP contribution >= 0.6 is 0 Å². The van der Waals surface area contributed by atoms with Gasteiger partial charge in [0.1, 0.15) is 0 Å². The van der Waals surface area contributed by atoms with Crippen molar-refractivity contribution in [1.29, 1.82) is 0 Å². The van der Waals surface area contributed by atoms with Gasteiger partial charge in [0.25, 0.3) is 10.2 Å². The Labute approximate surface area is 85.8 Å². The predicted octanol–water partition coefficient (Wildman–Crippen LogP) is -0.572. The van der Waals surface area contributed by atoms with E-state index in [4.69, 9.17) is 0 Å². The Kier molecular flexibility index (Phi) is 4.31. The van der Waals surface area contributed by atoms with Gasteiger partial charge in [-0.1, -0.05) is 13.8 Å². The molecule has 0 spiro atoms. The number of nitrogens with one attached hydrogen (secondary N) is 3. The summed E-state index contributed by atoms with van der Waals surface area (Å²) in [4.78, 5) is 0. The Hall–Kier alpha value is -0.170. The molecule has 0 aromatic rings. The quantitative estimate of drug-likeness (QED) is 0.582. The van der Waals surface area contributed by atoms with E-state index < -0.39 is 10.2 Å².